The molecule has 0 bridgehead atoms. The zero-order valence-corrected chi connectivity index (χ0v) is 25.4. The topological polar surface area (TPSA) is 61.7 Å². The monoisotopic (exact) mass is 561 g/mol. The first kappa shape index (κ1) is 29.2. The van der Waals surface area contributed by atoms with Gasteiger partial charge in [-0.05, 0) is 94.5 Å². The van der Waals surface area contributed by atoms with Gasteiger partial charge in [-0.25, -0.2) is 4.39 Å². The third-order valence-electron chi connectivity index (χ3n) is 9.38. The number of pyridine rings is 1. The predicted octanol–water partition coefficient (Wildman–Crippen LogP) is 5.46. The van der Waals surface area contributed by atoms with Crippen LogP contribution in [0.5, 0.6) is 0 Å². The highest BCUT2D eigenvalue weighted by Gasteiger charge is 2.33. The highest BCUT2D eigenvalue weighted by atomic mass is 19.1. The Bertz CT molecular complexity index is 1420. The highest BCUT2D eigenvalue weighted by Crippen LogP contribution is 2.34. The molecule has 2 amide bonds. The van der Waals surface area contributed by atoms with E-state index in [-0.39, 0.29) is 17.9 Å². The molecule has 0 unspecified atom stereocenters. The number of rotatable bonds is 7. The quantitative estimate of drug-likeness (QED) is 0.384. The Labute approximate surface area is 243 Å². The van der Waals surface area contributed by atoms with Gasteiger partial charge < -0.3 is 19.3 Å². The number of carbonyl (C=O) groups is 2. The normalized spacial score (nSPS) is 20.3. The van der Waals surface area contributed by atoms with Crippen LogP contribution >= 0.6 is 0 Å². The minimum atomic E-state index is -0.424. The molecule has 7 nitrogen and oxygen atoms in total. The average molecular weight is 562 g/mol. The Hall–Kier alpha value is -3.26. The summed E-state index contributed by atoms with van der Waals surface area (Å²) in [7, 11) is 1.76. The first-order valence-electron chi connectivity index (χ1n) is 15.0. The fourth-order valence-electron chi connectivity index (χ4n) is 6.80. The van der Waals surface area contributed by atoms with E-state index in [1.807, 2.05) is 35.7 Å². The van der Waals surface area contributed by atoms with Gasteiger partial charge in [0.2, 0.25) is 5.91 Å². The number of aryl methyl sites for hydroxylation is 1. The molecule has 41 heavy (non-hydrogen) atoms. The molecule has 2 atom stereocenters. The van der Waals surface area contributed by atoms with Crippen LogP contribution in [0.1, 0.15) is 68.4 Å². The van der Waals surface area contributed by atoms with Crippen molar-refractivity contribution in [3.63, 3.8) is 0 Å². The number of hydrogen-bond donors (Lipinski definition) is 0. The number of aromatic nitrogens is 2. The Morgan fingerprint density at radius 2 is 1.88 bits per heavy atom. The van der Waals surface area contributed by atoms with Crippen LogP contribution in [0.25, 0.3) is 16.6 Å². The van der Waals surface area contributed by atoms with E-state index < -0.39 is 5.82 Å². The van der Waals surface area contributed by atoms with E-state index >= 15 is 0 Å². The number of benzene rings is 1. The standard InChI is InChI=1S/C33H44FN5O2/c1-21(2)36(6)33(41)29-15-28(34)7-8-30(29)39-20-27(32-22(3)16-35-17-31(32)39)14-26-13-23(4)38(19-26)18-25-9-11-37(12-10-25)24(5)40/h7-8,15-17,20-21,23,25-26H,9-14,18-19H2,1-6H3/t23-,26+/m1/s1. The largest absolute Gasteiger partial charge is 0.343 e. The lowest BCUT2D eigenvalue weighted by molar-refractivity contribution is -0.130. The number of halogens is 1. The molecule has 0 radical (unpaired) electrons. The van der Waals surface area contributed by atoms with Gasteiger partial charge in [0.1, 0.15) is 5.82 Å². The summed E-state index contributed by atoms with van der Waals surface area (Å²) in [4.78, 5) is 35.9. The van der Waals surface area contributed by atoms with Crippen molar-refractivity contribution in [1.29, 1.82) is 0 Å². The lowest BCUT2D eigenvalue weighted by Gasteiger charge is -2.34. The van der Waals surface area contributed by atoms with Crippen LogP contribution in [0.4, 0.5) is 4.39 Å². The molecule has 2 aromatic heterocycles. The van der Waals surface area contributed by atoms with Crippen molar-refractivity contribution in [3.8, 4) is 5.69 Å². The Morgan fingerprint density at radius 3 is 2.56 bits per heavy atom. The maximum atomic E-state index is 14.4. The second-order valence-electron chi connectivity index (χ2n) is 12.6. The van der Waals surface area contributed by atoms with Gasteiger partial charge >= 0.3 is 0 Å². The number of fused-ring (bicyclic) bond motifs is 1. The van der Waals surface area contributed by atoms with Crippen molar-refractivity contribution in [3.05, 3.63) is 59.3 Å². The molecule has 5 rings (SSSR count). The van der Waals surface area contributed by atoms with Crippen molar-refractivity contribution >= 4 is 22.7 Å². The Morgan fingerprint density at radius 1 is 1.15 bits per heavy atom. The molecular weight excluding hydrogens is 517 g/mol. The van der Waals surface area contributed by atoms with Crippen molar-refractivity contribution in [2.24, 2.45) is 11.8 Å². The van der Waals surface area contributed by atoms with Gasteiger partial charge in [-0.15, -0.1) is 0 Å². The maximum absolute atomic E-state index is 14.4. The zero-order valence-electron chi connectivity index (χ0n) is 25.4. The number of likely N-dealkylation sites (tertiary alicyclic amines) is 2. The number of piperidine rings is 1. The molecule has 1 aromatic carbocycles. The molecule has 2 aliphatic heterocycles. The van der Waals surface area contributed by atoms with E-state index in [2.05, 4.69) is 29.9 Å². The summed E-state index contributed by atoms with van der Waals surface area (Å²) in [5.74, 6) is 0.725. The molecule has 2 aliphatic rings. The van der Waals surface area contributed by atoms with Gasteiger partial charge in [-0.1, -0.05) is 0 Å². The third kappa shape index (κ3) is 6.03. The minimum Gasteiger partial charge on any atom is -0.343 e. The van der Waals surface area contributed by atoms with E-state index in [1.165, 1.54) is 23.1 Å². The lowest BCUT2D eigenvalue weighted by Crippen LogP contribution is -2.41. The fraction of sp³-hybridized carbons (Fsp3) is 0.545. The molecular formula is C33H44FN5O2. The first-order valence-corrected chi connectivity index (χ1v) is 15.0. The van der Waals surface area contributed by atoms with Crippen LogP contribution in [0, 0.1) is 24.6 Å². The minimum absolute atomic E-state index is 0.00604. The molecule has 0 spiro atoms. The summed E-state index contributed by atoms with van der Waals surface area (Å²) in [5.41, 5.74) is 4.31. The van der Waals surface area contributed by atoms with Gasteiger partial charge in [0.05, 0.1) is 23.0 Å². The van der Waals surface area contributed by atoms with Crippen LogP contribution in [-0.4, -0.2) is 81.4 Å². The van der Waals surface area contributed by atoms with Crippen LogP contribution in [0.3, 0.4) is 0 Å². The molecule has 8 heteroatoms. The van der Waals surface area contributed by atoms with Crippen molar-refractivity contribution in [1.82, 2.24) is 24.3 Å². The molecule has 0 aliphatic carbocycles. The van der Waals surface area contributed by atoms with Crippen molar-refractivity contribution in [2.45, 2.75) is 72.4 Å². The van der Waals surface area contributed by atoms with Crippen LogP contribution < -0.4 is 0 Å². The summed E-state index contributed by atoms with van der Waals surface area (Å²) in [6.45, 7) is 13.9. The predicted molar refractivity (Wildman–Crippen MR) is 161 cm³/mol. The number of carbonyl (C=O) groups excluding carboxylic acids is 2. The molecule has 2 fully saturated rings. The summed E-state index contributed by atoms with van der Waals surface area (Å²) in [5, 5.41) is 1.17. The van der Waals surface area contributed by atoms with Gasteiger partial charge in [0.15, 0.2) is 0 Å². The number of amides is 2. The van der Waals surface area contributed by atoms with Crippen molar-refractivity contribution in [2.75, 3.05) is 33.2 Å². The SMILES string of the molecule is CC(=O)N1CCC(CN2C[C@H](Cc3cn(-c4ccc(F)cc4C(=O)N(C)C(C)C)c4cncc(C)c34)C[C@H]2C)CC1. The van der Waals surface area contributed by atoms with Gasteiger partial charge in [0, 0.05) is 70.0 Å². The number of hydrogen-bond acceptors (Lipinski definition) is 4. The van der Waals surface area contributed by atoms with Gasteiger partial charge in [-0.2, -0.15) is 0 Å². The summed E-state index contributed by atoms with van der Waals surface area (Å²) >= 11 is 0. The Balaban J connectivity index is 1.40. The second-order valence-corrected chi connectivity index (χ2v) is 12.6. The molecule has 220 valence electrons. The highest BCUT2D eigenvalue weighted by molar-refractivity contribution is 5.99. The molecule has 4 heterocycles. The Kier molecular flexibility index (Phi) is 8.50. The third-order valence-corrected chi connectivity index (χ3v) is 9.38. The summed E-state index contributed by atoms with van der Waals surface area (Å²) in [6.07, 6.45) is 10.1. The zero-order chi connectivity index (χ0) is 29.4. The lowest BCUT2D eigenvalue weighted by atomic mass is 9.96. The summed E-state index contributed by atoms with van der Waals surface area (Å²) in [6, 6.07) is 5.00. The van der Waals surface area contributed by atoms with Gasteiger partial charge in [0.25, 0.3) is 5.91 Å². The van der Waals surface area contributed by atoms with E-state index in [1.54, 1.807) is 24.9 Å². The van der Waals surface area contributed by atoms with Crippen LogP contribution in [0.15, 0.2) is 36.8 Å². The first-order chi connectivity index (χ1) is 19.5. The fourth-order valence-corrected chi connectivity index (χ4v) is 6.80. The van der Waals surface area contributed by atoms with E-state index in [4.69, 9.17) is 0 Å². The molecule has 0 N–H and O–H groups in total. The second kappa shape index (κ2) is 11.9. The summed E-state index contributed by atoms with van der Waals surface area (Å²) < 4.78 is 16.5. The molecule has 0 saturated carbocycles. The van der Waals surface area contributed by atoms with Gasteiger partial charge in [-0.3, -0.25) is 14.6 Å². The number of nitrogens with zero attached hydrogens (tertiary/aromatic N) is 5. The maximum Gasteiger partial charge on any atom is 0.256 e. The average Bonchev–Trinajstić information content (AvgIpc) is 3.48. The molecule has 2 saturated heterocycles. The van der Waals surface area contributed by atoms with E-state index in [9.17, 15) is 14.0 Å². The smallest absolute Gasteiger partial charge is 0.256 e. The van der Waals surface area contributed by atoms with Crippen LogP contribution in [-0.2, 0) is 11.2 Å². The van der Waals surface area contributed by atoms with Crippen molar-refractivity contribution < 1.29 is 14.0 Å². The van der Waals surface area contributed by atoms with E-state index in [0.29, 0.717) is 29.1 Å². The van der Waals surface area contributed by atoms with E-state index in [0.717, 1.165) is 62.9 Å². The molecule has 3 aromatic rings. The van der Waals surface area contributed by atoms with Crippen LogP contribution in [0.2, 0.25) is 0 Å².